The molecule has 0 saturated carbocycles. The summed E-state index contributed by atoms with van der Waals surface area (Å²) >= 11 is 3.64. The van der Waals surface area contributed by atoms with Crippen LogP contribution in [0.1, 0.15) is 10.4 Å². The van der Waals surface area contributed by atoms with Gasteiger partial charge in [-0.25, -0.2) is 0 Å². The van der Waals surface area contributed by atoms with Crippen molar-refractivity contribution in [1.29, 1.82) is 0 Å². The van der Waals surface area contributed by atoms with Crippen LogP contribution in [0.4, 0.5) is 0 Å². The predicted octanol–water partition coefficient (Wildman–Crippen LogP) is 2.73. The van der Waals surface area contributed by atoms with Gasteiger partial charge >= 0.3 is 0 Å². The molecule has 16 heavy (non-hydrogen) atoms. The Morgan fingerprint density at radius 1 is 1.31 bits per heavy atom. The highest BCUT2D eigenvalue weighted by molar-refractivity contribution is 8.07. The van der Waals surface area contributed by atoms with Gasteiger partial charge in [0.05, 0.1) is 12.4 Å². The van der Waals surface area contributed by atoms with E-state index in [1.807, 2.05) is 36.0 Å². The summed E-state index contributed by atoms with van der Waals surface area (Å²) in [6, 6.07) is 7.38. The molecular formula is C12H14O2S2. The van der Waals surface area contributed by atoms with Crippen molar-refractivity contribution in [2.45, 2.75) is 5.25 Å². The first-order valence-corrected chi connectivity index (χ1v) is 7.39. The standard InChI is InChI=1S/C12H14O2S2/c1-14-10-4-2-9(3-5-10)12(13)11-8-15-6-7-16-11/h2-5,11H,6-8H2,1H3. The van der Waals surface area contributed by atoms with Gasteiger partial charge in [-0.15, -0.1) is 11.8 Å². The van der Waals surface area contributed by atoms with Gasteiger partial charge in [0.15, 0.2) is 5.78 Å². The minimum Gasteiger partial charge on any atom is -0.497 e. The Balaban J connectivity index is 2.07. The summed E-state index contributed by atoms with van der Waals surface area (Å²) in [5.74, 6) is 4.23. The summed E-state index contributed by atoms with van der Waals surface area (Å²) in [4.78, 5) is 12.1. The number of hydrogen-bond donors (Lipinski definition) is 0. The van der Waals surface area contributed by atoms with E-state index in [2.05, 4.69) is 0 Å². The Morgan fingerprint density at radius 3 is 2.62 bits per heavy atom. The summed E-state index contributed by atoms with van der Waals surface area (Å²) in [6.07, 6.45) is 0. The molecular weight excluding hydrogens is 240 g/mol. The van der Waals surface area contributed by atoms with Crippen molar-refractivity contribution in [3.8, 4) is 5.75 Å². The first-order valence-electron chi connectivity index (χ1n) is 5.19. The van der Waals surface area contributed by atoms with Crippen molar-refractivity contribution in [3.05, 3.63) is 29.8 Å². The van der Waals surface area contributed by atoms with Gasteiger partial charge in [-0.1, -0.05) is 0 Å². The fraction of sp³-hybridized carbons (Fsp3) is 0.417. The average Bonchev–Trinajstić information content (AvgIpc) is 2.39. The van der Waals surface area contributed by atoms with Crippen molar-refractivity contribution < 1.29 is 9.53 Å². The van der Waals surface area contributed by atoms with Crippen LogP contribution in [0.25, 0.3) is 0 Å². The number of thioether (sulfide) groups is 2. The summed E-state index contributed by atoms with van der Waals surface area (Å²) in [5.41, 5.74) is 0.792. The van der Waals surface area contributed by atoms with Crippen molar-refractivity contribution in [3.63, 3.8) is 0 Å². The lowest BCUT2D eigenvalue weighted by Gasteiger charge is -2.19. The lowest BCUT2D eigenvalue weighted by molar-refractivity contribution is 0.0995. The van der Waals surface area contributed by atoms with Crippen molar-refractivity contribution in [2.75, 3.05) is 24.4 Å². The molecule has 86 valence electrons. The molecule has 2 nitrogen and oxygen atoms in total. The molecule has 0 N–H and O–H groups in total. The number of ether oxygens (including phenoxy) is 1. The van der Waals surface area contributed by atoms with Crippen LogP contribution in [0.3, 0.4) is 0 Å². The Morgan fingerprint density at radius 2 is 2.06 bits per heavy atom. The molecule has 1 aliphatic rings. The van der Waals surface area contributed by atoms with Crippen LogP contribution in [0.2, 0.25) is 0 Å². The topological polar surface area (TPSA) is 26.3 Å². The van der Waals surface area contributed by atoms with Crippen LogP contribution < -0.4 is 4.74 Å². The smallest absolute Gasteiger partial charge is 0.176 e. The second-order valence-electron chi connectivity index (χ2n) is 3.53. The van der Waals surface area contributed by atoms with Gasteiger partial charge in [-0.05, 0) is 24.3 Å². The molecule has 1 aromatic rings. The van der Waals surface area contributed by atoms with Gasteiger partial charge in [0.2, 0.25) is 0 Å². The molecule has 1 fully saturated rings. The first-order chi connectivity index (χ1) is 7.81. The number of carbonyl (C=O) groups is 1. The van der Waals surface area contributed by atoms with Gasteiger partial charge < -0.3 is 4.74 Å². The van der Waals surface area contributed by atoms with E-state index in [-0.39, 0.29) is 11.0 Å². The maximum atomic E-state index is 12.1. The Bertz CT molecular complexity index is 356. The molecule has 4 heteroatoms. The molecule has 1 atom stereocenters. The number of hydrogen-bond acceptors (Lipinski definition) is 4. The fourth-order valence-corrected chi connectivity index (χ4v) is 4.21. The summed E-state index contributed by atoms with van der Waals surface area (Å²) in [5, 5.41) is 0.132. The third-order valence-corrected chi connectivity index (χ3v) is 5.24. The lowest BCUT2D eigenvalue weighted by atomic mass is 10.1. The molecule has 1 aliphatic heterocycles. The van der Waals surface area contributed by atoms with Crippen LogP contribution in [-0.4, -0.2) is 35.4 Å². The Hall–Kier alpha value is -0.610. The monoisotopic (exact) mass is 254 g/mol. The van der Waals surface area contributed by atoms with Gasteiger partial charge in [0.25, 0.3) is 0 Å². The van der Waals surface area contributed by atoms with E-state index in [0.717, 1.165) is 28.6 Å². The molecule has 0 bridgehead atoms. The molecule has 1 aromatic carbocycles. The summed E-state index contributed by atoms with van der Waals surface area (Å²) < 4.78 is 5.07. The molecule has 2 rings (SSSR count). The van der Waals surface area contributed by atoms with Gasteiger partial charge in [0.1, 0.15) is 5.75 Å². The maximum absolute atomic E-state index is 12.1. The quantitative estimate of drug-likeness (QED) is 0.775. The molecule has 0 aromatic heterocycles. The lowest BCUT2D eigenvalue weighted by Crippen LogP contribution is -2.24. The van der Waals surface area contributed by atoms with E-state index < -0.39 is 0 Å². The third kappa shape index (κ3) is 2.74. The van der Waals surface area contributed by atoms with Crippen molar-refractivity contribution in [1.82, 2.24) is 0 Å². The van der Waals surface area contributed by atoms with E-state index >= 15 is 0 Å². The number of methoxy groups -OCH3 is 1. The molecule has 1 saturated heterocycles. The van der Waals surface area contributed by atoms with Gasteiger partial charge in [0, 0.05) is 22.8 Å². The Labute approximate surface area is 104 Å². The zero-order valence-corrected chi connectivity index (χ0v) is 10.8. The number of Topliss-reactive ketones (excluding diaryl/α,β-unsaturated/α-hetero) is 1. The van der Waals surface area contributed by atoms with Crippen LogP contribution in [0.15, 0.2) is 24.3 Å². The zero-order chi connectivity index (χ0) is 11.4. The van der Waals surface area contributed by atoms with E-state index in [4.69, 9.17) is 4.74 Å². The number of ketones is 1. The molecule has 0 aliphatic carbocycles. The number of rotatable bonds is 3. The second-order valence-corrected chi connectivity index (χ2v) is 5.99. The van der Waals surface area contributed by atoms with Gasteiger partial charge in [-0.2, -0.15) is 11.8 Å². The normalized spacial score (nSPS) is 20.4. The molecule has 1 heterocycles. The predicted molar refractivity (Wildman–Crippen MR) is 70.9 cm³/mol. The Kier molecular flexibility index (Phi) is 4.18. The number of carbonyl (C=O) groups excluding carboxylic acids is 1. The number of benzene rings is 1. The summed E-state index contributed by atoms with van der Waals surface area (Å²) in [6.45, 7) is 0. The fourth-order valence-electron chi connectivity index (χ4n) is 1.58. The highest BCUT2D eigenvalue weighted by atomic mass is 32.2. The molecule has 0 amide bonds. The van der Waals surface area contributed by atoms with E-state index in [1.165, 1.54) is 0 Å². The van der Waals surface area contributed by atoms with Crippen LogP contribution in [0, 0.1) is 0 Å². The SMILES string of the molecule is COc1ccc(C(=O)C2CSCCS2)cc1. The van der Waals surface area contributed by atoms with Crippen LogP contribution >= 0.6 is 23.5 Å². The average molecular weight is 254 g/mol. The van der Waals surface area contributed by atoms with E-state index in [1.54, 1.807) is 18.9 Å². The minimum absolute atomic E-state index is 0.132. The maximum Gasteiger partial charge on any atom is 0.176 e. The van der Waals surface area contributed by atoms with E-state index in [9.17, 15) is 4.79 Å². The summed E-state index contributed by atoms with van der Waals surface area (Å²) in [7, 11) is 1.63. The zero-order valence-electron chi connectivity index (χ0n) is 9.14. The molecule has 1 unspecified atom stereocenters. The second kappa shape index (κ2) is 5.64. The van der Waals surface area contributed by atoms with Crippen molar-refractivity contribution >= 4 is 29.3 Å². The minimum atomic E-state index is 0.132. The van der Waals surface area contributed by atoms with Crippen LogP contribution in [-0.2, 0) is 0 Å². The van der Waals surface area contributed by atoms with E-state index in [0.29, 0.717) is 0 Å². The third-order valence-electron chi connectivity index (χ3n) is 2.48. The molecule has 0 spiro atoms. The van der Waals surface area contributed by atoms with Crippen LogP contribution in [0.5, 0.6) is 5.75 Å². The van der Waals surface area contributed by atoms with Crippen molar-refractivity contribution in [2.24, 2.45) is 0 Å². The first kappa shape index (κ1) is 11.9. The highest BCUT2D eigenvalue weighted by Crippen LogP contribution is 2.27. The highest BCUT2D eigenvalue weighted by Gasteiger charge is 2.23. The largest absolute Gasteiger partial charge is 0.497 e. The molecule has 0 radical (unpaired) electrons. The van der Waals surface area contributed by atoms with Gasteiger partial charge in [-0.3, -0.25) is 4.79 Å².